The summed E-state index contributed by atoms with van der Waals surface area (Å²) in [4.78, 5) is 27.7. The van der Waals surface area contributed by atoms with Crippen molar-refractivity contribution >= 4 is 35.1 Å². The standard InChI is InChI=1S/C27H29ClN4O3/c28-22-16-9-15-21(26(33)34)24(22)29-27(35)31(18-10-3-1-4-11-18)25-20-14-7-8-17-23(20)30-32(25)19-12-5-2-6-13-19/h2,5-6,9,12-13,15-16,18H,1,3-4,7-8,10-11,14,17H2,(H,29,35)(H,33,34). The Morgan fingerprint density at radius 1 is 0.971 bits per heavy atom. The second-order valence-corrected chi connectivity index (χ2v) is 9.67. The molecule has 1 saturated carbocycles. The maximum Gasteiger partial charge on any atom is 0.337 e. The first kappa shape index (κ1) is 23.4. The van der Waals surface area contributed by atoms with Crippen molar-refractivity contribution in [2.75, 3.05) is 10.2 Å². The van der Waals surface area contributed by atoms with Gasteiger partial charge < -0.3 is 10.4 Å². The molecule has 3 aromatic rings. The highest BCUT2D eigenvalue weighted by Gasteiger charge is 2.35. The van der Waals surface area contributed by atoms with Crippen molar-refractivity contribution in [3.63, 3.8) is 0 Å². The van der Waals surface area contributed by atoms with Crippen LogP contribution in [0.3, 0.4) is 0 Å². The molecule has 2 aromatic carbocycles. The van der Waals surface area contributed by atoms with Gasteiger partial charge in [-0.2, -0.15) is 5.10 Å². The average Bonchev–Trinajstić information content (AvgIpc) is 3.26. The first-order chi connectivity index (χ1) is 17.0. The summed E-state index contributed by atoms with van der Waals surface area (Å²) in [5, 5.41) is 17.7. The number of carboxylic acid groups (broad SMARTS) is 1. The van der Waals surface area contributed by atoms with Gasteiger partial charge in [0.25, 0.3) is 0 Å². The number of aromatic nitrogens is 2. The lowest BCUT2D eigenvalue weighted by Gasteiger charge is -2.35. The molecule has 0 spiro atoms. The fourth-order valence-electron chi connectivity index (χ4n) is 5.30. The highest BCUT2D eigenvalue weighted by Crippen LogP contribution is 2.37. The van der Waals surface area contributed by atoms with Gasteiger partial charge in [-0.3, -0.25) is 4.90 Å². The summed E-state index contributed by atoms with van der Waals surface area (Å²) in [6, 6.07) is 14.1. The van der Waals surface area contributed by atoms with Crippen molar-refractivity contribution in [1.29, 1.82) is 0 Å². The van der Waals surface area contributed by atoms with Gasteiger partial charge in [-0.25, -0.2) is 14.3 Å². The minimum Gasteiger partial charge on any atom is -0.478 e. The molecule has 0 unspecified atom stereocenters. The molecular weight excluding hydrogens is 464 g/mol. The first-order valence-corrected chi connectivity index (χ1v) is 12.7. The fraction of sp³-hybridized carbons (Fsp3) is 0.370. The largest absolute Gasteiger partial charge is 0.478 e. The molecule has 2 N–H and O–H groups in total. The third-order valence-electron chi connectivity index (χ3n) is 6.99. The van der Waals surface area contributed by atoms with E-state index in [9.17, 15) is 14.7 Å². The first-order valence-electron chi connectivity index (χ1n) is 12.3. The lowest BCUT2D eigenvalue weighted by molar-refractivity contribution is 0.0698. The lowest BCUT2D eigenvalue weighted by atomic mass is 9.92. The Morgan fingerprint density at radius 3 is 2.46 bits per heavy atom. The summed E-state index contributed by atoms with van der Waals surface area (Å²) in [6.45, 7) is 0. The Morgan fingerprint density at radius 2 is 1.71 bits per heavy atom. The number of aromatic carboxylic acids is 1. The van der Waals surface area contributed by atoms with Crippen LogP contribution in [0.2, 0.25) is 5.02 Å². The molecule has 0 aliphatic heterocycles. The van der Waals surface area contributed by atoms with Crippen LogP contribution in [0, 0.1) is 0 Å². The number of nitrogens with one attached hydrogen (secondary N) is 1. The number of carboxylic acids is 1. The van der Waals surface area contributed by atoms with Gasteiger partial charge in [0.1, 0.15) is 5.82 Å². The number of aryl methyl sites for hydroxylation is 1. The van der Waals surface area contributed by atoms with E-state index in [1.165, 1.54) is 6.07 Å². The second-order valence-electron chi connectivity index (χ2n) is 9.26. The zero-order chi connectivity index (χ0) is 24.4. The number of carbonyl (C=O) groups excluding carboxylic acids is 1. The predicted octanol–water partition coefficient (Wildman–Crippen LogP) is 6.47. The van der Waals surface area contributed by atoms with E-state index in [0.717, 1.165) is 80.6 Å². The molecule has 35 heavy (non-hydrogen) atoms. The predicted molar refractivity (Wildman–Crippen MR) is 137 cm³/mol. The number of hydrogen-bond acceptors (Lipinski definition) is 3. The third-order valence-corrected chi connectivity index (χ3v) is 7.31. The van der Waals surface area contributed by atoms with Gasteiger partial charge in [0.05, 0.1) is 27.7 Å². The molecule has 1 fully saturated rings. The van der Waals surface area contributed by atoms with Gasteiger partial charge >= 0.3 is 12.0 Å². The van der Waals surface area contributed by atoms with Gasteiger partial charge in [-0.15, -0.1) is 0 Å². The van der Waals surface area contributed by atoms with Crippen molar-refractivity contribution in [1.82, 2.24) is 9.78 Å². The zero-order valence-corrected chi connectivity index (χ0v) is 20.3. The molecule has 8 heteroatoms. The van der Waals surface area contributed by atoms with E-state index >= 15 is 0 Å². The third kappa shape index (κ3) is 4.65. The number of rotatable bonds is 5. The van der Waals surface area contributed by atoms with Gasteiger partial charge in [0.15, 0.2) is 0 Å². The SMILES string of the molecule is O=C(O)c1cccc(Cl)c1NC(=O)N(c1c2c(nn1-c1ccccc1)CCCC2)C1CCCCC1. The van der Waals surface area contributed by atoms with Crippen LogP contribution < -0.4 is 10.2 Å². The fourth-order valence-corrected chi connectivity index (χ4v) is 5.53. The van der Waals surface area contributed by atoms with Crippen LogP contribution in [0.15, 0.2) is 48.5 Å². The molecule has 2 amide bonds. The van der Waals surface area contributed by atoms with Crippen LogP contribution in [-0.2, 0) is 12.8 Å². The van der Waals surface area contributed by atoms with Gasteiger partial charge in [0, 0.05) is 11.6 Å². The van der Waals surface area contributed by atoms with Crippen molar-refractivity contribution in [2.45, 2.75) is 63.8 Å². The van der Waals surface area contributed by atoms with Crippen LogP contribution in [0.25, 0.3) is 5.69 Å². The molecule has 1 heterocycles. The number of hydrogen-bond donors (Lipinski definition) is 2. The summed E-state index contributed by atoms with van der Waals surface area (Å²) in [6.07, 6.45) is 8.88. The Kier molecular flexibility index (Phi) is 6.77. The number of carbonyl (C=O) groups is 2. The van der Waals surface area contributed by atoms with Crippen molar-refractivity contribution < 1.29 is 14.7 Å². The van der Waals surface area contributed by atoms with Crippen LogP contribution in [0.4, 0.5) is 16.3 Å². The number of amides is 2. The molecule has 0 atom stereocenters. The zero-order valence-electron chi connectivity index (χ0n) is 19.5. The monoisotopic (exact) mass is 492 g/mol. The van der Waals surface area contributed by atoms with E-state index in [2.05, 4.69) is 5.32 Å². The van der Waals surface area contributed by atoms with Crippen LogP contribution in [-0.4, -0.2) is 32.9 Å². The maximum atomic E-state index is 14.0. The molecule has 1 aromatic heterocycles. The van der Waals surface area contributed by atoms with Crippen molar-refractivity contribution in [3.8, 4) is 5.69 Å². The molecule has 7 nitrogen and oxygen atoms in total. The quantitative estimate of drug-likeness (QED) is 0.427. The summed E-state index contributed by atoms with van der Waals surface area (Å²) in [7, 11) is 0. The summed E-state index contributed by atoms with van der Waals surface area (Å²) >= 11 is 6.36. The number of halogens is 1. The van der Waals surface area contributed by atoms with E-state index in [1.807, 2.05) is 39.9 Å². The van der Waals surface area contributed by atoms with E-state index in [-0.39, 0.29) is 28.3 Å². The molecule has 0 saturated heterocycles. The van der Waals surface area contributed by atoms with Gasteiger partial charge in [-0.05, 0) is 62.8 Å². The van der Waals surface area contributed by atoms with Crippen molar-refractivity contribution in [2.24, 2.45) is 0 Å². The Balaban J connectivity index is 1.63. The normalized spacial score (nSPS) is 15.9. The van der Waals surface area contributed by atoms with Crippen LogP contribution in [0.5, 0.6) is 0 Å². The van der Waals surface area contributed by atoms with E-state index < -0.39 is 5.97 Å². The number of nitrogens with zero attached hydrogens (tertiary/aromatic N) is 3. The Hall–Kier alpha value is -3.32. The number of urea groups is 1. The smallest absolute Gasteiger partial charge is 0.337 e. The molecule has 2 aliphatic rings. The molecule has 0 radical (unpaired) electrons. The summed E-state index contributed by atoms with van der Waals surface area (Å²) < 4.78 is 1.90. The van der Waals surface area contributed by atoms with E-state index in [4.69, 9.17) is 16.7 Å². The molecule has 0 bridgehead atoms. The highest BCUT2D eigenvalue weighted by molar-refractivity contribution is 6.34. The number of para-hydroxylation sites is 2. The van der Waals surface area contributed by atoms with Gasteiger partial charge in [0.2, 0.25) is 0 Å². The molecule has 2 aliphatic carbocycles. The van der Waals surface area contributed by atoms with Gasteiger partial charge in [-0.1, -0.05) is 55.1 Å². The average molecular weight is 493 g/mol. The van der Waals surface area contributed by atoms with Crippen LogP contribution in [0.1, 0.15) is 66.6 Å². The summed E-state index contributed by atoms with van der Waals surface area (Å²) in [5.74, 6) is -0.349. The lowest BCUT2D eigenvalue weighted by Crippen LogP contribution is -2.46. The van der Waals surface area contributed by atoms with E-state index in [0.29, 0.717) is 0 Å². The second kappa shape index (κ2) is 10.1. The number of benzene rings is 2. The molecule has 182 valence electrons. The number of fused-ring (bicyclic) bond motifs is 1. The van der Waals surface area contributed by atoms with Crippen LogP contribution >= 0.6 is 11.6 Å². The summed E-state index contributed by atoms with van der Waals surface area (Å²) in [5.41, 5.74) is 3.13. The minimum atomic E-state index is -1.14. The Labute approximate surface area is 209 Å². The topological polar surface area (TPSA) is 87.5 Å². The Bertz CT molecular complexity index is 1230. The maximum absolute atomic E-state index is 14.0. The number of anilines is 2. The highest BCUT2D eigenvalue weighted by atomic mass is 35.5. The molecule has 5 rings (SSSR count). The van der Waals surface area contributed by atoms with E-state index in [1.54, 1.807) is 12.1 Å². The molecular formula is C27H29ClN4O3. The minimum absolute atomic E-state index is 0.00953. The van der Waals surface area contributed by atoms with Crippen molar-refractivity contribution in [3.05, 3.63) is 70.4 Å².